The Morgan fingerprint density at radius 3 is 2.33 bits per heavy atom. The molecule has 0 aliphatic carbocycles. The largest absolute Gasteiger partial charge is 0.355 e. The van der Waals surface area contributed by atoms with Gasteiger partial charge < -0.3 is 10.2 Å². The zero-order valence-corrected chi connectivity index (χ0v) is 17.2. The van der Waals surface area contributed by atoms with Gasteiger partial charge in [-0.1, -0.05) is 6.07 Å². The molecule has 1 aliphatic heterocycles. The standard InChI is InChI=1S/C24H25FN4O/c1-16-3-8-21(15-17(16)2)26-24(30)19-11-13-29(14-12-19)23-10-9-22(27-28-23)18-4-6-20(25)7-5-18/h3-10,15,19H,11-14H2,1-2H3,(H,26,30). The normalized spacial score (nSPS) is 14.6. The highest BCUT2D eigenvalue weighted by atomic mass is 19.1. The number of nitrogens with one attached hydrogen (secondary N) is 1. The molecule has 1 aromatic heterocycles. The first kappa shape index (κ1) is 20.0. The molecule has 0 atom stereocenters. The number of piperidine rings is 1. The molecular weight excluding hydrogens is 379 g/mol. The number of aromatic nitrogens is 2. The van der Waals surface area contributed by atoms with Gasteiger partial charge in [-0.05, 0) is 86.3 Å². The average molecular weight is 404 g/mol. The van der Waals surface area contributed by atoms with E-state index in [0.29, 0.717) is 5.69 Å². The predicted octanol–water partition coefficient (Wildman–Crippen LogP) is 4.75. The zero-order chi connectivity index (χ0) is 21.1. The topological polar surface area (TPSA) is 58.1 Å². The van der Waals surface area contributed by atoms with Crippen LogP contribution in [0.3, 0.4) is 0 Å². The first-order valence-corrected chi connectivity index (χ1v) is 10.2. The lowest BCUT2D eigenvalue weighted by molar-refractivity contribution is -0.120. The van der Waals surface area contributed by atoms with Crippen molar-refractivity contribution >= 4 is 17.4 Å². The Balaban J connectivity index is 1.34. The lowest BCUT2D eigenvalue weighted by Gasteiger charge is -2.31. The van der Waals surface area contributed by atoms with Gasteiger partial charge in [0.15, 0.2) is 5.82 Å². The number of nitrogens with zero attached hydrogens (tertiary/aromatic N) is 3. The van der Waals surface area contributed by atoms with Crippen molar-refractivity contribution in [3.05, 3.63) is 71.5 Å². The van der Waals surface area contributed by atoms with Crippen LogP contribution in [0.15, 0.2) is 54.6 Å². The van der Waals surface area contributed by atoms with E-state index in [0.717, 1.165) is 43.0 Å². The number of benzene rings is 2. The Morgan fingerprint density at radius 1 is 0.967 bits per heavy atom. The van der Waals surface area contributed by atoms with Gasteiger partial charge in [-0.15, -0.1) is 10.2 Å². The maximum atomic E-state index is 13.1. The number of hydrogen-bond acceptors (Lipinski definition) is 4. The van der Waals surface area contributed by atoms with E-state index in [-0.39, 0.29) is 17.6 Å². The minimum Gasteiger partial charge on any atom is -0.355 e. The fraction of sp³-hybridized carbons (Fsp3) is 0.292. The van der Waals surface area contributed by atoms with E-state index in [1.807, 2.05) is 37.3 Å². The summed E-state index contributed by atoms with van der Waals surface area (Å²) in [6, 6.07) is 16.0. The maximum absolute atomic E-state index is 13.1. The Morgan fingerprint density at radius 2 is 1.70 bits per heavy atom. The van der Waals surface area contributed by atoms with Gasteiger partial charge >= 0.3 is 0 Å². The second kappa shape index (κ2) is 8.61. The Labute approximate surface area is 176 Å². The van der Waals surface area contributed by atoms with Crippen molar-refractivity contribution in [1.82, 2.24) is 10.2 Å². The van der Waals surface area contributed by atoms with Gasteiger partial charge in [-0.3, -0.25) is 4.79 Å². The molecule has 2 aromatic carbocycles. The van der Waals surface area contributed by atoms with E-state index in [4.69, 9.17) is 0 Å². The fourth-order valence-electron chi connectivity index (χ4n) is 3.70. The van der Waals surface area contributed by atoms with Crippen LogP contribution < -0.4 is 10.2 Å². The number of halogens is 1. The van der Waals surface area contributed by atoms with E-state index in [1.165, 1.54) is 23.3 Å². The van der Waals surface area contributed by atoms with E-state index < -0.39 is 0 Å². The minimum absolute atomic E-state index is 0.00527. The number of anilines is 2. The van der Waals surface area contributed by atoms with Crippen molar-refractivity contribution in [2.75, 3.05) is 23.3 Å². The summed E-state index contributed by atoms with van der Waals surface area (Å²) in [6.45, 7) is 5.63. The smallest absolute Gasteiger partial charge is 0.227 e. The van der Waals surface area contributed by atoms with Gasteiger partial charge in [-0.2, -0.15) is 0 Å². The summed E-state index contributed by atoms with van der Waals surface area (Å²) in [6.07, 6.45) is 1.55. The molecule has 1 aliphatic rings. The SMILES string of the molecule is Cc1ccc(NC(=O)C2CCN(c3ccc(-c4ccc(F)cc4)nn3)CC2)cc1C. The minimum atomic E-state index is -0.271. The summed E-state index contributed by atoms with van der Waals surface area (Å²) >= 11 is 0. The van der Waals surface area contributed by atoms with Crippen LogP contribution in [0.1, 0.15) is 24.0 Å². The lowest BCUT2D eigenvalue weighted by Crippen LogP contribution is -2.38. The number of hydrogen-bond donors (Lipinski definition) is 1. The summed E-state index contributed by atoms with van der Waals surface area (Å²) < 4.78 is 13.1. The van der Waals surface area contributed by atoms with E-state index in [1.54, 1.807) is 12.1 Å². The van der Waals surface area contributed by atoms with E-state index in [9.17, 15) is 9.18 Å². The van der Waals surface area contributed by atoms with Crippen LogP contribution in [0.5, 0.6) is 0 Å². The van der Waals surface area contributed by atoms with Crippen molar-refractivity contribution in [3.8, 4) is 11.3 Å². The number of carbonyl (C=O) groups is 1. The van der Waals surface area contributed by atoms with Crippen LogP contribution in [0, 0.1) is 25.6 Å². The quantitative estimate of drug-likeness (QED) is 0.681. The van der Waals surface area contributed by atoms with Crippen LogP contribution in [0.2, 0.25) is 0 Å². The average Bonchev–Trinajstić information content (AvgIpc) is 2.77. The molecule has 2 heterocycles. The molecule has 1 amide bonds. The zero-order valence-electron chi connectivity index (χ0n) is 17.2. The van der Waals surface area contributed by atoms with Crippen LogP contribution >= 0.6 is 0 Å². The molecule has 0 saturated carbocycles. The molecule has 154 valence electrons. The van der Waals surface area contributed by atoms with Crippen molar-refractivity contribution in [2.24, 2.45) is 5.92 Å². The molecule has 0 unspecified atom stereocenters. The van der Waals surface area contributed by atoms with Gasteiger partial charge in [0.1, 0.15) is 5.82 Å². The van der Waals surface area contributed by atoms with Crippen molar-refractivity contribution in [3.63, 3.8) is 0 Å². The Bertz CT molecular complexity index is 1030. The number of aryl methyl sites for hydroxylation is 2. The molecule has 1 fully saturated rings. The molecule has 0 radical (unpaired) electrons. The summed E-state index contributed by atoms with van der Waals surface area (Å²) in [5, 5.41) is 11.7. The van der Waals surface area contributed by atoms with Gasteiger partial charge in [-0.25, -0.2) is 4.39 Å². The predicted molar refractivity (Wildman–Crippen MR) is 117 cm³/mol. The molecule has 0 bridgehead atoms. The molecule has 1 saturated heterocycles. The first-order valence-electron chi connectivity index (χ1n) is 10.2. The van der Waals surface area contributed by atoms with Gasteiger partial charge in [0, 0.05) is 30.3 Å². The third kappa shape index (κ3) is 4.48. The number of carbonyl (C=O) groups excluding carboxylic acids is 1. The van der Waals surface area contributed by atoms with E-state index in [2.05, 4.69) is 27.3 Å². The summed E-state index contributed by atoms with van der Waals surface area (Å²) in [5.74, 6) is 0.603. The van der Waals surface area contributed by atoms with Gasteiger partial charge in [0.25, 0.3) is 0 Å². The molecule has 1 N–H and O–H groups in total. The third-order valence-electron chi connectivity index (χ3n) is 5.75. The van der Waals surface area contributed by atoms with Crippen LogP contribution in [-0.2, 0) is 4.79 Å². The van der Waals surface area contributed by atoms with Crippen molar-refractivity contribution < 1.29 is 9.18 Å². The molecule has 4 rings (SSSR count). The highest BCUT2D eigenvalue weighted by Gasteiger charge is 2.26. The second-order valence-corrected chi connectivity index (χ2v) is 7.83. The van der Waals surface area contributed by atoms with E-state index >= 15 is 0 Å². The maximum Gasteiger partial charge on any atom is 0.227 e. The highest BCUT2D eigenvalue weighted by Crippen LogP contribution is 2.25. The van der Waals surface area contributed by atoms with Crippen molar-refractivity contribution in [2.45, 2.75) is 26.7 Å². The Kier molecular flexibility index (Phi) is 5.74. The Hall–Kier alpha value is -3.28. The molecule has 3 aromatic rings. The van der Waals surface area contributed by atoms with Crippen LogP contribution in [0.4, 0.5) is 15.9 Å². The summed E-state index contributed by atoms with van der Waals surface area (Å²) in [4.78, 5) is 14.8. The van der Waals surface area contributed by atoms with Crippen LogP contribution in [0.25, 0.3) is 11.3 Å². The number of amides is 1. The molecule has 30 heavy (non-hydrogen) atoms. The monoisotopic (exact) mass is 404 g/mol. The molecule has 0 spiro atoms. The highest BCUT2D eigenvalue weighted by molar-refractivity contribution is 5.92. The molecule has 5 nitrogen and oxygen atoms in total. The van der Waals surface area contributed by atoms with Gasteiger partial charge in [0.05, 0.1) is 5.69 Å². The van der Waals surface area contributed by atoms with Crippen molar-refractivity contribution in [1.29, 1.82) is 0 Å². The summed E-state index contributed by atoms with van der Waals surface area (Å²) in [7, 11) is 0. The second-order valence-electron chi connectivity index (χ2n) is 7.83. The third-order valence-corrected chi connectivity index (χ3v) is 5.75. The first-order chi connectivity index (χ1) is 14.5. The summed E-state index contributed by atoms with van der Waals surface area (Å²) in [5.41, 5.74) is 4.78. The fourth-order valence-corrected chi connectivity index (χ4v) is 3.70. The van der Waals surface area contributed by atoms with Gasteiger partial charge in [0.2, 0.25) is 5.91 Å². The molecular formula is C24H25FN4O. The number of rotatable bonds is 4. The lowest BCUT2D eigenvalue weighted by atomic mass is 9.95. The van der Waals surface area contributed by atoms with Crippen LogP contribution in [-0.4, -0.2) is 29.2 Å². The molecule has 6 heteroatoms.